The van der Waals surface area contributed by atoms with E-state index in [9.17, 15) is 4.79 Å². The predicted octanol–water partition coefficient (Wildman–Crippen LogP) is 4.22. The number of ether oxygens (including phenoxy) is 1. The van der Waals surface area contributed by atoms with Crippen LogP contribution in [0, 0.1) is 0 Å². The highest BCUT2D eigenvalue weighted by Gasteiger charge is 2.34. The van der Waals surface area contributed by atoms with Gasteiger partial charge in [-0.2, -0.15) is 4.98 Å². The van der Waals surface area contributed by atoms with Gasteiger partial charge >= 0.3 is 0 Å². The molecule has 28 heavy (non-hydrogen) atoms. The molecule has 0 spiro atoms. The van der Waals surface area contributed by atoms with Crippen molar-refractivity contribution in [2.75, 3.05) is 18.1 Å². The van der Waals surface area contributed by atoms with E-state index in [-0.39, 0.29) is 11.8 Å². The summed E-state index contributed by atoms with van der Waals surface area (Å²) in [6.45, 7) is 5.25. The Morgan fingerprint density at radius 3 is 2.54 bits per heavy atom. The molecule has 0 radical (unpaired) electrons. The van der Waals surface area contributed by atoms with Crippen molar-refractivity contribution in [2.45, 2.75) is 32.6 Å². The number of anilines is 1. The molecule has 2 aromatic carbocycles. The largest absolute Gasteiger partial charge is 0.494 e. The molecule has 1 aliphatic heterocycles. The molecule has 1 aromatic heterocycles. The molecule has 6 nitrogen and oxygen atoms in total. The van der Waals surface area contributed by atoms with Crippen LogP contribution in [0.25, 0.3) is 11.5 Å². The summed E-state index contributed by atoms with van der Waals surface area (Å²) in [6, 6.07) is 15.7. The van der Waals surface area contributed by atoms with E-state index in [1.165, 1.54) is 5.56 Å². The summed E-state index contributed by atoms with van der Waals surface area (Å²) in [7, 11) is 0. The summed E-state index contributed by atoms with van der Waals surface area (Å²) in [4.78, 5) is 18.8. The average Bonchev–Trinajstić information content (AvgIpc) is 3.36. The molecular formula is C22H23N3O3. The summed E-state index contributed by atoms with van der Waals surface area (Å²) in [6.07, 6.45) is 1.37. The minimum absolute atomic E-state index is 0.0708. The number of hydrogen-bond acceptors (Lipinski definition) is 5. The van der Waals surface area contributed by atoms with E-state index in [4.69, 9.17) is 9.26 Å². The van der Waals surface area contributed by atoms with Gasteiger partial charge in [0.25, 0.3) is 5.89 Å². The highest BCUT2D eigenvalue weighted by Crippen LogP contribution is 2.32. The van der Waals surface area contributed by atoms with Gasteiger partial charge in [-0.3, -0.25) is 4.79 Å². The van der Waals surface area contributed by atoms with Gasteiger partial charge in [-0.05, 0) is 55.3 Å². The SMILES string of the molecule is CCOc1ccc(-c2nc(C3CC(=O)N(c4ccc(CC)cc4)C3)no2)cc1. The van der Waals surface area contributed by atoms with Crippen molar-refractivity contribution in [3.63, 3.8) is 0 Å². The van der Waals surface area contributed by atoms with Gasteiger partial charge in [0.05, 0.1) is 6.61 Å². The Labute approximate surface area is 164 Å². The second kappa shape index (κ2) is 7.84. The van der Waals surface area contributed by atoms with Gasteiger partial charge in [-0.1, -0.05) is 24.2 Å². The third kappa shape index (κ3) is 3.63. The third-order valence-electron chi connectivity index (χ3n) is 5.00. The molecule has 1 unspecified atom stereocenters. The van der Waals surface area contributed by atoms with E-state index in [2.05, 4.69) is 29.2 Å². The van der Waals surface area contributed by atoms with Crippen LogP contribution in [0.3, 0.4) is 0 Å². The predicted molar refractivity (Wildman–Crippen MR) is 106 cm³/mol. The molecule has 0 aliphatic carbocycles. The third-order valence-corrected chi connectivity index (χ3v) is 5.00. The quantitative estimate of drug-likeness (QED) is 0.643. The molecule has 6 heteroatoms. The van der Waals surface area contributed by atoms with Crippen molar-refractivity contribution in [3.8, 4) is 17.2 Å². The molecule has 144 valence electrons. The Morgan fingerprint density at radius 1 is 1.11 bits per heavy atom. The highest BCUT2D eigenvalue weighted by atomic mass is 16.5. The van der Waals surface area contributed by atoms with Gasteiger partial charge in [0.15, 0.2) is 5.82 Å². The van der Waals surface area contributed by atoms with Crippen LogP contribution in [0.15, 0.2) is 53.1 Å². The molecule has 1 saturated heterocycles. The maximum Gasteiger partial charge on any atom is 0.257 e. The first-order valence-electron chi connectivity index (χ1n) is 9.64. The van der Waals surface area contributed by atoms with Crippen LogP contribution in [0.2, 0.25) is 0 Å². The van der Waals surface area contributed by atoms with Crippen LogP contribution < -0.4 is 9.64 Å². The number of aromatic nitrogens is 2. The molecule has 1 atom stereocenters. The van der Waals surface area contributed by atoms with Gasteiger partial charge in [0.2, 0.25) is 5.91 Å². The van der Waals surface area contributed by atoms with E-state index < -0.39 is 0 Å². The van der Waals surface area contributed by atoms with Gasteiger partial charge in [0.1, 0.15) is 5.75 Å². The van der Waals surface area contributed by atoms with Crippen LogP contribution in [-0.2, 0) is 11.2 Å². The van der Waals surface area contributed by atoms with E-state index in [1.54, 1.807) is 4.90 Å². The van der Waals surface area contributed by atoms with Crippen molar-refractivity contribution in [1.82, 2.24) is 10.1 Å². The number of nitrogens with zero attached hydrogens (tertiary/aromatic N) is 3. The minimum atomic E-state index is -0.0708. The number of carbonyl (C=O) groups excluding carboxylic acids is 1. The summed E-state index contributed by atoms with van der Waals surface area (Å²) in [5, 5.41) is 4.13. The Balaban J connectivity index is 1.48. The first kappa shape index (κ1) is 18.2. The summed E-state index contributed by atoms with van der Waals surface area (Å²) in [5.41, 5.74) is 3.00. The second-order valence-electron chi connectivity index (χ2n) is 6.84. The maximum atomic E-state index is 12.5. The number of benzene rings is 2. The number of carbonyl (C=O) groups is 1. The van der Waals surface area contributed by atoms with Crippen molar-refractivity contribution in [2.24, 2.45) is 0 Å². The van der Waals surface area contributed by atoms with Gasteiger partial charge in [-0.15, -0.1) is 0 Å². The van der Waals surface area contributed by atoms with Crippen LogP contribution >= 0.6 is 0 Å². The van der Waals surface area contributed by atoms with Gasteiger partial charge < -0.3 is 14.2 Å². The van der Waals surface area contributed by atoms with E-state index in [0.717, 1.165) is 23.4 Å². The second-order valence-corrected chi connectivity index (χ2v) is 6.84. The van der Waals surface area contributed by atoms with E-state index in [0.29, 0.717) is 31.3 Å². The topological polar surface area (TPSA) is 68.5 Å². The number of rotatable bonds is 6. The first-order chi connectivity index (χ1) is 13.7. The Hall–Kier alpha value is -3.15. The standard InChI is InChI=1S/C22H23N3O3/c1-3-15-5-9-18(10-6-15)25-14-17(13-20(25)26)21-23-22(28-24-21)16-7-11-19(12-8-16)27-4-2/h5-12,17H,3-4,13-14H2,1-2H3. The van der Waals surface area contributed by atoms with E-state index in [1.807, 2.05) is 43.3 Å². The lowest BCUT2D eigenvalue weighted by molar-refractivity contribution is -0.117. The van der Waals surface area contributed by atoms with Crippen molar-refractivity contribution in [1.29, 1.82) is 0 Å². The normalized spacial score (nSPS) is 16.6. The molecule has 0 bridgehead atoms. The fourth-order valence-electron chi connectivity index (χ4n) is 3.42. The van der Waals surface area contributed by atoms with Crippen molar-refractivity contribution < 1.29 is 14.1 Å². The Bertz CT molecular complexity index is 948. The highest BCUT2D eigenvalue weighted by molar-refractivity contribution is 5.96. The fourth-order valence-corrected chi connectivity index (χ4v) is 3.42. The number of amides is 1. The lowest BCUT2D eigenvalue weighted by Gasteiger charge is -2.16. The molecule has 1 fully saturated rings. The van der Waals surface area contributed by atoms with Crippen LogP contribution in [0.4, 0.5) is 5.69 Å². The van der Waals surface area contributed by atoms with Crippen LogP contribution in [0.5, 0.6) is 5.75 Å². The summed E-state index contributed by atoms with van der Waals surface area (Å²) in [5.74, 6) is 1.85. The van der Waals surface area contributed by atoms with Crippen LogP contribution in [0.1, 0.15) is 37.6 Å². The molecule has 0 N–H and O–H groups in total. The number of hydrogen-bond donors (Lipinski definition) is 0. The number of aryl methyl sites for hydroxylation is 1. The molecular weight excluding hydrogens is 354 g/mol. The molecule has 0 saturated carbocycles. The maximum absolute atomic E-state index is 12.5. The molecule has 3 aromatic rings. The monoisotopic (exact) mass is 377 g/mol. The fraction of sp³-hybridized carbons (Fsp3) is 0.318. The first-order valence-corrected chi connectivity index (χ1v) is 9.64. The van der Waals surface area contributed by atoms with E-state index >= 15 is 0 Å². The van der Waals surface area contributed by atoms with Crippen LogP contribution in [-0.4, -0.2) is 29.2 Å². The summed E-state index contributed by atoms with van der Waals surface area (Å²) < 4.78 is 10.9. The zero-order valence-corrected chi connectivity index (χ0v) is 16.1. The lowest BCUT2D eigenvalue weighted by atomic mass is 10.1. The van der Waals surface area contributed by atoms with Crippen molar-refractivity contribution >= 4 is 11.6 Å². The molecule has 4 rings (SSSR count). The molecule has 1 amide bonds. The zero-order chi connectivity index (χ0) is 19.5. The van der Waals surface area contributed by atoms with Gasteiger partial charge in [-0.25, -0.2) is 0 Å². The molecule has 1 aliphatic rings. The minimum Gasteiger partial charge on any atom is -0.494 e. The summed E-state index contributed by atoms with van der Waals surface area (Å²) >= 11 is 0. The smallest absolute Gasteiger partial charge is 0.257 e. The Morgan fingerprint density at radius 2 is 1.86 bits per heavy atom. The lowest BCUT2D eigenvalue weighted by Crippen LogP contribution is -2.24. The average molecular weight is 377 g/mol. The Kier molecular flexibility index (Phi) is 5.10. The zero-order valence-electron chi connectivity index (χ0n) is 16.1. The van der Waals surface area contributed by atoms with Crippen molar-refractivity contribution in [3.05, 3.63) is 59.9 Å². The van der Waals surface area contributed by atoms with Gasteiger partial charge in [0, 0.05) is 30.1 Å². The molecule has 2 heterocycles.